The monoisotopic (exact) mass is 272 g/mol. The van der Waals surface area contributed by atoms with Gasteiger partial charge in [0.2, 0.25) is 0 Å². The molecule has 18 heavy (non-hydrogen) atoms. The van der Waals surface area contributed by atoms with Gasteiger partial charge in [-0.1, -0.05) is 18.5 Å². The molecule has 0 fully saturated rings. The van der Waals surface area contributed by atoms with Crippen LogP contribution < -0.4 is 16.6 Å². The van der Waals surface area contributed by atoms with Crippen LogP contribution in [0, 0.1) is 5.92 Å². The molecule has 0 aliphatic heterocycles. The highest BCUT2D eigenvalue weighted by atomic mass is 35.5. The minimum atomic E-state index is -0.333. The summed E-state index contributed by atoms with van der Waals surface area (Å²) >= 11 is 5.91. The van der Waals surface area contributed by atoms with Crippen LogP contribution in [-0.2, 0) is 4.74 Å². The van der Waals surface area contributed by atoms with Crippen LogP contribution >= 0.6 is 11.6 Å². The van der Waals surface area contributed by atoms with E-state index in [1.54, 1.807) is 19.2 Å². The predicted molar refractivity (Wildman–Crippen MR) is 70.4 cm³/mol. The number of aromatic nitrogens is 1. The molecule has 1 atom stereocenters. The van der Waals surface area contributed by atoms with E-state index in [2.05, 4.69) is 15.7 Å². The van der Waals surface area contributed by atoms with Crippen molar-refractivity contribution in [3.05, 3.63) is 22.8 Å². The summed E-state index contributed by atoms with van der Waals surface area (Å²) in [6.45, 7) is 3.04. The molecule has 1 unspecified atom stereocenters. The van der Waals surface area contributed by atoms with E-state index in [9.17, 15) is 4.79 Å². The highest BCUT2D eigenvalue weighted by Crippen LogP contribution is 2.16. The number of carbonyl (C=O) groups is 1. The molecule has 0 aliphatic carbocycles. The third-order valence-corrected chi connectivity index (χ3v) is 2.58. The number of hydrogen-bond acceptors (Lipinski definition) is 5. The van der Waals surface area contributed by atoms with Crippen LogP contribution in [0.25, 0.3) is 0 Å². The molecule has 0 saturated carbocycles. The highest BCUT2D eigenvalue weighted by molar-refractivity contribution is 6.33. The van der Waals surface area contributed by atoms with Gasteiger partial charge >= 0.3 is 0 Å². The molecule has 7 heteroatoms. The average molecular weight is 273 g/mol. The summed E-state index contributed by atoms with van der Waals surface area (Å²) in [5, 5.41) is 3.02. The number of nitrogen functional groups attached to an aromatic ring is 1. The topological polar surface area (TPSA) is 89.3 Å². The Morgan fingerprint density at radius 3 is 2.94 bits per heavy atom. The molecule has 1 rings (SSSR count). The fourth-order valence-electron chi connectivity index (χ4n) is 1.38. The van der Waals surface area contributed by atoms with Crippen LogP contribution in [0.15, 0.2) is 12.1 Å². The zero-order chi connectivity index (χ0) is 13.5. The molecule has 0 aliphatic rings. The van der Waals surface area contributed by atoms with Gasteiger partial charge in [-0.15, -0.1) is 0 Å². The molecule has 1 heterocycles. The molecule has 0 spiro atoms. The van der Waals surface area contributed by atoms with Crippen LogP contribution in [0.3, 0.4) is 0 Å². The highest BCUT2D eigenvalue weighted by Gasteiger charge is 2.13. The number of carbonyl (C=O) groups excluding carboxylic acids is 1. The first-order valence-electron chi connectivity index (χ1n) is 5.48. The standard InChI is InChI=1S/C11H17ClN4O2/c1-7(6-18-2)5-14-11(17)10-8(12)3-4-9(15-10)16-13/h3-4,7H,5-6,13H2,1-2H3,(H,14,17)(H,15,16). The summed E-state index contributed by atoms with van der Waals surface area (Å²) in [7, 11) is 1.62. The number of ether oxygens (including phenoxy) is 1. The maximum Gasteiger partial charge on any atom is 0.271 e. The van der Waals surface area contributed by atoms with Gasteiger partial charge in [-0.3, -0.25) is 4.79 Å². The van der Waals surface area contributed by atoms with Gasteiger partial charge in [-0.2, -0.15) is 0 Å². The van der Waals surface area contributed by atoms with Crippen molar-refractivity contribution in [2.75, 3.05) is 25.7 Å². The third kappa shape index (κ3) is 4.14. The van der Waals surface area contributed by atoms with E-state index in [4.69, 9.17) is 22.2 Å². The largest absolute Gasteiger partial charge is 0.384 e. The Morgan fingerprint density at radius 1 is 1.61 bits per heavy atom. The van der Waals surface area contributed by atoms with Gasteiger partial charge in [-0.25, -0.2) is 10.8 Å². The number of pyridine rings is 1. The van der Waals surface area contributed by atoms with Crippen molar-refractivity contribution in [1.82, 2.24) is 10.3 Å². The Kier molecular flexibility index (Phi) is 5.84. The number of anilines is 1. The summed E-state index contributed by atoms with van der Waals surface area (Å²) in [4.78, 5) is 15.9. The lowest BCUT2D eigenvalue weighted by Gasteiger charge is -2.12. The lowest BCUT2D eigenvalue weighted by molar-refractivity contribution is 0.0929. The second-order valence-corrected chi connectivity index (χ2v) is 4.35. The summed E-state index contributed by atoms with van der Waals surface area (Å²) in [6.07, 6.45) is 0. The quantitative estimate of drug-likeness (QED) is 0.532. The summed E-state index contributed by atoms with van der Waals surface area (Å²) in [6, 6.07) is 3.16. The third-order valence-electron chi connectivity index (χ3n) is 2.27. The first-order valence-corrected chi connectivity index (χ1v) is 5.86. The molecule has 6 nitrogen and oxygen atoms in total. The molecule has 0 aromatic carbocycles. The molecular formula is C11H17ClN4O2. The van der Waals surface area contributed by atoms with Crippen LogP contribution in [-0.4, -0.2) is 31.2 Å². The molecule has 0 saturated heterocycles. The molecule has 4 N–H and O–H groups in total. The normalized spacial score (nSPS) is 12.0. The lowest BCUT2D eigenvalue weighted by atomic mass is 10.2. The number of nitrogens with one attached hydrogen (secondary N) is 2. The van der Waals surface area contributed by atoms with Gasteiger partial charge in [0, 0.05) is 13.7 Å². The van der Waals surface area contributed by atoms with Crippen molar-refractivity contribution < 1.29 is 9.53 Å². The van der Waals surface area contributed by atoms with Crippen LogP contribution in [0.4, 0.5) is 5.82 Å². The molecule has 0 bridgehead atoms. The van der Waals surface area contributed by atoms with Crippen molar-refractivity contribution in [3.8, 4) is 0 Å². The van der Waals surface area contributed by atoms with Crippen molar-refractivity contribution in [2.45, 2.75) is 6.92 Å². The van der Waals surface area contributed by atoms with Gasteiger partial charge in [0.25, 0.3) is 5.91 Å². The minimum Gasteiger partial charge on any atom is -0.384 e. The first-order chi connectivity index (χ1) is 8.58. The Hall–Kier alpha value is -1.37. The minimum absolute atomic E-state index is 0.150. The maximum atomic E-state index is 11.9. The molecule has 0 radical (unpaired) electrons. The SMILES string of the molecule is COCC(C)CNC(=O)c1nc(NN)ccc1Cl. The van der Waals surface area contributed by atoms with Crippen molar-refractivity contribution in [3.63, 3.8) is 0 Å². The van der Waals surface area contributed by atoms with E-state index in [1.165, 1.54) is 0 Å². The number of rotatable bonds is 6. The van der Waals surface area contributed by atoms with Gasteiger partial charge < -0.3 is 15.5 Å². The van der Waals surface area contributed by atoms with E-state index >= 15 is 0 Å². The van der Waals surface area contributed by atoms with Crippen LogP contribution in [0.1, 0.15) is 17.4 Å². The van der Waals surface area contributed by atoms with Gasteiger partial charge in [0.1, 0.15) is 11.5 Å². The number of nitrogens with two attached hydrogens (primary N) is 1. The summed E-state index contributed by atoms with van der Waals surface area (Å²) < 4.78 is 4.98. The number of amides is 1. The van der Waals surface area contributed by atoms with E-state index in [0.717, 1.165) is 0 Å². The summed E-state index contributed by atoms with van der Waals surface area (Å²) in [5.41, 5.74) is 2.51. The van der Waals surface area contributed by atoms with Crippen molar-refractivity contribution in [2.24, 2.45) is 11.8 Å². The van der Waals surface area contributed by atoms with Crippen molar-refractivity contribution >= 4 is 23.3 Å². The van der Waals surface area contributed by atoms with E-state index in [0.29, 0.717) is 19.0 Å². The van der Waals surface area contributed by atoms with Crippen molar-refractivity contribution in [1.29, 1.82) is 0 Å². The second-order valence-electron chi connectivity index (χ2n) is 3.94. The van der Waals surface area contributed by atoms with E-state index < -0.39 is 0 Å². The zero-order valence-electron chi connectivity index (χ0n) is 10.4. The Bertz CT molecular complexity index is 414. The van der Waals surface area contributed by atoms with Crippen LogP contribution in [0.2, 0.25) is 5.02 Å². The van der Waals surface area contributed by atoms with Gasteiger partial charge in [-0.05, 0) is 18.1 Å². The zero-order valence-corrected chi connectivity index (χ0v) is 11.1. The smallest absolute Gasteiger partial charge is 0.271 e. The van der Waals surface area contributed by atoms with E-state index in [-0.39, 0.29) is 22.5 Å². The number of methoxy groups -OCH3 is 1. The van der Waals surface area contributed by atoms with Gasteiger partial charge in [0.15, 0.2) is 0 Å². The average Bonchev–Trinajstić information content (AvgIpc) is 2.37. The fourth-order valence-corrected chi connectivity index (χ4v) is 1.57. The van der Waals surface area contributed by atoms with E-state index in [1.807, 2.05) is 6.92 Å². The second kappa shape index (κ2) is 7.15. The van der Waals surface area contributed by atoms with Crippen LogP contribution in [0.5, 0.6) is 0 Å². The first kappa shape index (κ1) is 14.7. The molecular weight excluding hydrogens is 256 g/mol. The lowest BCUT2D eigenvalue weighted by Crippen LogP contribution is -2.31. The predicted octanol–water partition coefficient (Wildman–Crippen LogP) is 1.03. The number of halogens is 1. The fraction of sp³-hybridized carbons (Fsp3) is 0.455. The number of nitrogens with zero attached hydrogens (tertiary/aromatic N) is 1. The number of hydrazine groups is 1. The molecule has 1 amide bonds. The Labute approximate surface area is 111 Å². The molecule has 1 aromatic rings. The maximum absolute atomic E-state index is 11.9. The molecule has 100 valence electrons. The van der Waals surface area contributed by atoms with Gasteiger partial charge in [0.05, 0.1) is 11.6 Å². The molecule has 1 aromatic heterocycles. The Morgan fingerprint density at radius 2 is 2.33 bits per heavy atom. The Balaban J connectivity index is 2.66. The number of hydrogen-bond donors (Lipinski definition) is 3. The summed E-state index contributed by atoms with van der Waals surface area (Å²) in [5.74, 6) is 5.49.